The zero-order valence-corrected chi connectivity index (χ0v) is 13.1. The van der Waals surface area contributed by atoms with Crippen LogP contribution in [0, 0.1) is 5.92 Å². The number of rotatable bonds is 4. The van der Waals surface area contributed by atoms with Crippen molar-refractivity contribution in [3.8, 4) is 0 Å². The Morgan fingerprint density at radius 1 is 1.35 bits per heavy atom. The smallest absolute Gasteiger partial charge is 0.265 e. The van der Waals surface area contributed by atoms with Gasteiger partial charge in [-0.25, -0.2) is 4.98 Å². The van der Waals surface area contributed by atoms with E-state index in [9.17, 15) is 4.79 Å². The molecule has 5 nitrogen and oxygen atoms in total. The van der Waals surface area contributed by atoms with Gasteiger partial charge in [0, 0.05) is 19.6 Å². The van der Waals surface area contributed by atoms with Crippen LogP contribution in [0.1, 0.15) is 49.2 Å². The molecule has 0 aromatic carbocycles. The maximum Gasteiger partial charge on any atom is 0.265 e. The predicted molar refractivity (Wildman–Crippen MR) is 84.4 cm³/mol. The van der Waals surface area contributed by atoms with Crippen LogP contribution in [0.5, 0.6) is 0 Å². The first kappa shape index (κ1) is 15.1. The molecule has 2 rings (SSSR count). The van der Waals surface area contributed by atoms with Crippen LogP contribution in [0.4, 0.5) is 10.9 Å². The second kappa shape index (κ2) is 6.92. The Bertz CT molecular complexity index is 450. The zero-order valence-electron chi connectivity index (χ0n) is 12.3. The van der Waals surface area contributed by atoms with Crippen molar-refractivity contribution in [2.75, 3.05) is 30.3 Å². The molecule has 1 amide bonds. The van der Waals surface area contributed by atoms with Crippen molar-refractivity contribution in [1.82, 2.24) is 10.3 Å². The number of hydrogen-bond donors (Lipinski definition) is 2. The van der Waals surface area contributed by atoms with E-state index in [1.54, 1.807) is 0 Å². The van der Waals surface area contributed by atoms with Gasteiger partial charge in [0.15, 0.2) is 5.13 Å². The van der Waals surface area contributed by atoms with Crippen molar-refractivity contribution in [1.29, 1.82) is 0 Å². The second-order valence-electron chi connectivity index (χ2n) is 5.72. The van der Waals surface area contributed by atoms with Gasteiger partial charge in [0.2, 0.25) is 0 Å². The molecule has 1 aromatic rings. The molecule has 3 N–H and O–H groups in total. The van der Waals surface area contributed by atoms with Crippen LogP contribution >= 0.6 is 11.3 Å². The van der Waals surface area contributed by atoms with Crippen LogP contribution in [0.25, 0.3) is 0 Å². The molecule has 112 valence electrons. The second-order valence-corrected chi connectivity index (χ2v) is 6.69. The first-order chi connectivity index (χ1) is 9.58. The van der Waals surface area contributed by atoms with E-state index in [1.807, 2.05) is 0 Å². The molecule has 1 saturated heterocycles. The molecular formula is C14H24N4OS. The Labute approximate surface area is 124 Å². The summed E-state index contributed by atoms with van der Waals surface area (Å²) in [5, 5.41) is 3.79. The number of amides is 1. The first-order valence-electron chi connectivity index (χ1n) is 7.37. The van der Waals surface area contributed by atoms with Crippen LogP contribution < -0.4 is 16.0 Å². The largest absolute Gasteiger partial charge is 0.382 e. The van der Waals surface area contributed by atoms with Gasteiger partial charge in [-0.1, -0.05) is 38.0 Å². The normalized spacial score (nSPS) is 16.2. The molecule has 0 saturated carbocycles. The van der Waals surface area contributed by atoms with Gasteiger partial charge < -0.3 is 16.0 Å². The highest BCUT2D eigenvalue weighted by Crippen LogP contribution is 2.29. The fourth-order valence-electron chi connectivity index (χ4n) is 2.26. The third kappa shape index (κ3) is 3.85. The lowest BCUT2D eigenvalue weighted by Crippen LogP contribution is -2.27. The number of aromatic nitrogens is 1. The van der Waals surface area contributed by atoms with Crippen LogP contribution in [0.2, 0.25) is 0 Å². The van der Waals surface area contributed by atoms with Gasteiger partial charge in [0.25, 0.3) is 5.91 Å². The van der Waals surface area contributed by atoms with Gasteiger partial charge in [0.1, 0.15) is 10.7 Å². The number of nitrogens with zero attached hydrogens (tertiary/aromatic N) is 2. The fourth-order valence-corrected chi connectivity index (χ4v) is 3.21. The fraction of sp³-hybridized carbons (Fsp3) is 0.714. The van der Waals surface area contributed by atoms with Gasteiger partial charge in [0.05, 0.1) is 0 Å². The standard InChI is InChI=1S/C14H24N4OS/c1-10(2)9-16-13(19)11-12(15)17-14(20-11)18-7-5-3-4-6-8-18/h10H,3-9,15H2,1-2H3,(H,16,19). The van der Waals surface area contributed by atoms with Crippen molar-refractivity contribution in [2.24, 2.45) is 5.92 Å². The summed E-state index contributed by atoms with van der Waals surface area (Å²) in [5.74, 6) is 0.684. The SMILES string of the molecule is CC(C)CNC(=O)c1sc(N2CCCCCC2)nc1N. The van der Waals surface area contributed by atoms with E-state index >= 15 is 0 Å². The number of carbonyl (C=O) groups excluding carboxylic acids is 1. The van der Waals surface area contributed by atoms with Crippen molar-refractivity contribution < 1.29 is 4.79 Å². The van der Waals surface area contributed by atoms with Crippen molar-refractivity contribution in [2.45, 2.75) is 39.5 Å². The summed E-state index contributed by atoms with van der Waals surface area (Å²) < 4.78 is 0. The Balaban J connectivity index is 2.06. The average molecular weight is 296 g/mol. The van der Waals surface area contributed by atoms with Gasteiger partial charge in [-0.05, 0) is 18.8 Å². The lowest BCUT2D eigenvalue weighted by molar-refractivity contribution is 0.0953. The maximum atomic E-state index is 12.1. The van der Waals surface area contributed by atoms with Crippen molar-refractivity contribution >= 4 is 28.2 Å². The Morgan fingerprint density at radius 2 is 2.00 bits per heavy atom. The Kier molecular flexibility index (Phi) is 5.23. The molecule has 0 bridgehead atoms. The van der Waals surface area contributed by atoms with E-state index in [0.29, 0.717) is 23.2 Å². The van der Waals surface area contributed by atoms with E-state index in [4.69, 9.17) is 5.73 Å². The minimum absolute atomic E-state index is 0.102. The summed E-state index contributed by atoms with van der Waals surface area (Å²) >= 11 is 1.41. The van der Waals surface area contributed by atoms with Gasteiger partial charge >= 0.3 is 0 Å². The van der Waals surface area contributed by atoms with Crippen molar-refractivity contribution in [3.63, 3.8) is 0 Å². The summed E-state index contributed by atoms with van der Waals surface area (Å²) in [6, 6.07) is 0. The predicted octanol–water partition coefficient (Wildman–Crippen LogP) is 2.49. The molecule has 6 heteroatoms. The highest BCUT2D eigenvalue weighted by Gasteiger charge is 2.20. The molecule has 0 unspecified atom stereocenters. The monoisotopic (exact) mass is 296 g/mol. The van der Waals surface area contributed by atoms with Crippen molar-refractivity contribution in [3.05, 3.63) is 4.88 Å². The summed E-state index contributed by atoms with van der Waals surface area (Å²) in [5.41, 5.74) is 5.91. The number of nitrogen functional groups attached to an aromatic ring is 1. The van der Waals surface area contributed by atoms with Gasteiger partial charge in [-0.15, -0.1) is 0 Å². The number of nitrogens with one attached hydrogen (secondary N) is 1. The summed E-state index contributed by atoms with van der Waals surface area (Å²) in [4.78, 5) is 19.3. The Hall–Kier alpha value is -1.30. The number of carbonyl (C=O) groups is 1. The molecule has 1 aromatic heterocycles. The van der Waals surface area contributed by atoms with Gasteiger partial charge in [-0.3, -0.25) is 4.79 Å². The third-order valence-corrected chi connectivity index (χ3v) is 4.53. The minimum atomic E-state index is -0.102. The molecule has 0 radical (unpaired) electrons. The average Bonchev–Trinajstić information content (AvgIpc) is 2.65. The van der Waals surface area contributed by atoms with Crippen LogP contribution in [-0.2, 0) is 0 Å². The summed E-state index contributed by atoms with van der Waals surface area (Å²) in [6.45, 7) is 6.83. The minimum Gasteiger partial charge on any atom is -0.382 e. The van der Waals surface area contributed by atoms with E-state index < -0.39 is 0 Å². The molecule has 0 spiro atoms. The highest BCUT2D eigenvalue weighted by atomic mass is 32.1. The first-order valence-corrected chi connectivity index (χ1v) is 8.19. The third-order valence-electron chi connectivity index (χ3n) is 3.40. The molecule has 2 heterocycles. The van der Waals surface area contributed by atoms with E-state index in [1.165, 1.54) is 37.0 Å². The maximum absolute atomic E-state index is 12.1. The van der Waals surface area contributed by atoms with Gasteiger partial charge in [-0.2, -0.15) is 0 Å². The molecule has 0 aliphatic carbocycles. The molecular weight excluding hydrogens is 272 g/mol. The van der Waals surface area contributed by atoms with E-state index in [0.717, 1.165) is 18.2 Å². The lowest BCUT2D eigenvalue weighted by Gasteiger charge is -2.18. The van der Waals surface area contributed by atoms with Crippen LogP contribution in [0.3, 0.4) is 0 Å². The summed E-state index contributed by atoms with van der Waals surface area (Å²) in [6.07, 6.45) is 4.93. The number of anilines is 2. The number of hydrogen-bond acceptors (Lipinski definition) is 5. The molecule has 1 fully saturated rings. The molecule has 20 heavy (non-hydrogen) atoms. The quantitative estimate of drug-likeness (QED) is 0.895. The molecule has 0 atom stereocenters. The van der Waals surface area contributed by atoms with E-state index in [2.05, 4.69) is 29.0 Å². The highest BCUT2D eigenvalue weighted by molar-refractivity contribution is 7.18. The van der Waals surface area contributed by atoms with Crippen LogP contribution in [-0.4, -0.2) is 30.5 Å². The van der Waals surface area contributed by atoms with E-state index in [-0.39, 0.29) is 5.91 Å². The van der Waals surface area contributed by atoms with Crippen LogP contribution in [0.15, 0.2) is 0 Å². The summed E-state index contributed by atoms with van der Waals surface area (Å²) in [7, 11) is 0. The number of thiazole rings is 1. The molecule has 1 aliphatic heterocycles. The zero-order chi connectivity index (χ0) is 14.5. The lowest BCUT2D eigenvalue weighted by atomic mass is 10.2. The Morgan fingerprint density at radius 3 is 2.60 bits per heavy atom. The number of nitrogens with two attached hydrogens (primary N) is 1. The molecule has 1 aliphatic rings. The topological polar surface area (TPSA) is 71.2 Å².